The average molecular weight is 422 g/mol. The summed E-state index contributed by atoms with van der Waals surface area (Å²) in [6, 6.07) is 8.03. The number of likely N-dealkylation sites (tertiary alicyclic amines) is 1. The molecule has 2 fully saturated rings. The highest BCUT2D eigenvalue weighted by Gasteiger charge is 2.46. The van der Waals surface area contributed by atoms with Crippen LogP contribution in [0.1, 0.15) is 39.5 Å². The number of para-hydroxylation sites is 2. The molecule has 1 aromatic carbocycles. The van der Waals surface area contributed by atoms with Crippen LogP contribution >= 0.6 is 0 Å². The summed E-state index contributed by atoms with van der Waals surface area (Å²) in [6.07, 6.45) is 5.66. The van der Waals surface area contributed by atoms with E-state index in [2.05, 4.69) is 28.6 Å². The van der Waals surface area contributed by atoms with Crippen molar-refractivity contribution < 1.29 is 9.53 Å². The molecule has 1 atom stereocenters. The number of rotatable bonds is 4. The summed E-state index contributed by atoms with van der Waals surface area (Å²) in [7, 11) is 0. The molecule has 2 saturated heterocycles. The molecule has 0 radical (unpaired) electrons. The molecule has 0 saturated carbocycles. The quantitative estimate of drug-likeness (QED) is 0.758. The van der Waals surface area contributed by atoms with Crippen molar-refractivity contribution in [2.24, 2.45) is 16.3 Å². The molecule has 3 aliphatic heterocycles. The fraction of sp³-hybridized carbons (Fsp3) is 0.583. The summed E-state index contributed by atoms with van der Waals surface area (Å²) >= 11 is 0. The molecule has 1 amide bonds. The number of carbonyl (C=O) groups excluding carboxylic acids is 1. The summed E-state index contributed by atoms with van der Waals surface area (Å²) < 4.78 is 5.73. The van der Waals surface area contributed by atoms with E-state index in [1.54, 1.807) is 0 Å². The smallest absolute Gasteiger partial charge is 0.228 e. The van der Waals surface area contributed by atoms with Gasteiger partial charge in [-0.3, -0.25) is 9.78 Å². The lowest BCUT2D eigenvalue weighted by Crippen LogP contribution is -2.55. The summed E-state index contributed by atoms with van der Waals surface area (Å²) in [5.74, 6) is 2.36. The lowest BCUT2D eigenvalue weighted by Gasteiger charge is -2.46. The number of hydrogen-bond acceptors (Lipinski definition) is 6. The van der Waals surface area contributed by atoms with Crippen molar-refractivity contribution in [2.75, 3.05) is 37.7 Å². The lowest BCUT2D eigenvalue weighted by molar-refractivity contribution is -0.148. The van der Waals surface area contributed by atoms with Crippen molar-refractivity contribution >= 4 is 28.7 Å². The Kier molecular flexibility index (Phi) is 5.28. The molecule has 164 valence electrons. The fourth-order valence-electron chi connectivity index (χ4n) is 5.15. The number of aliphatic imine (C=N–C) groups is 1. The van der Waals surface area contributed by atoms with Gasteiger partial charge in [-0.05, 0) is 37.8 Å². The van der Waals surface area contributed by atoms with Crippen LogP contribution < -0.4 is 4.90 Å². The van der Waals surface area contributed by atoms with Gasteiger partial charge in [0.1, 0.15) is 18.5 Å². The molecule has 31 heavy (non-hydrogen) atoms. The Hall–Kier alpha value is -2.70. The summed E-state index contributed by atoms with van der Waals surface area (Å²) in [4.78, 5) is 31.9. The number of hydrogen-bond donors (Lipinski definition) is 0. The van der Waals surface area contributed by atoms with Gasteiger partial charge in [-0.15, -0.1) is 0 Å². The number of carbonyl (C=O) groups is 1. The van der Waals surface area contributed by atoms with Crippen molar-refractivity contribution in [3.63, 3.8) is 0 Å². The molecular formula is C24H31N5O2. The maximum Gasteiger partial charge on any atom is 0.228 e. The molecular weight excluding hydrogens is 390 g/mol. The van der Waals surface area contributed by atoms with E-state index in [-0.39, 0.29) is 11.5 Å². The van der Waals surface area contributed by atoms with Gasteiger partial charge in [0, 0.05) is 32.1 Å². The minimum absolute atomic E-state index is 0.0736. The number of nitrogens with zero attached hydrogens (tertiary/aromatic N) is 5. The minimum Gasteiger partial charge on any atom is -0.478 e. The molecule has 4 heterocycles. The first-order valence-corrected chi connectivity index (χ1v) is 11.5. The van der Waals surface area contributed by atoms with Crippen molar-refractivity contribution in [1.29, 1.82) is 0 Å². The summed E-state index contributed by atoms with van der Waals surface area (Å²) in [6.45, 7) is 7.98. The highest BCUT2D eigenvalue weighted by molar-refractivity contribution is 5.84. The van der Waals surface area contributed by atoms with E-state index in [1.165, 1.54) is 0 Å². The van der Waals surface area contributed by atoms with Crippen LogP contribution in [0.15, 0.2) is 35.5 Å². The van der Waals surface area contributed by atoms with Crippen molar-refractivity contribution in [3.8, 4) is 0 Å². The Morgan fingerprint density at radius 3 is 2.65 bits per heavy atom. The van der Waals surface area contributed by atoms with E-state index in [0.29, 0.717) is 25.0 Å². The predicted molar refractivity (Wildman–Crippen MR) is 121 cm³/mol. The Balaban J connectivity index is 1.25. The van der Waals surface area contributed by atoms with Gasteiger partial charge in [-0.2, -0.15) is 0 Å². The molecule has 5 rings (SSSR count). The molecule has 1 aromatic heterocycles. The second kappa shape index (κ2) is 8.09. The first-order valence-electron chi connectivity index (χ1n) is 11.5. The number of benzene rings is 1. The maximum atomic E-state index is 13.5. The monoisotopic (exact) mass is 421 g/mol. The number of anilines is 1. The predicted octanol–water partition coefficient (Wildman–Crippen LogP) is 3.29. The van der Waals surface area contributed by atoms with Gasteiger partial charge >= 0.3 is 0 Å². The van der Waals surface area contributed by atoms with Gasteiger partial charge in [-0.1, -0.05) is 26.0 Å². The van der Waals surface area contributed by atoms with Gasteiger partial charge in [0.05, 0.1) is 22.6 Å². The van der Waals surface area contributed by atoms with Gasteiger partial charge < -0.3 is 14.5 Å². The zero-order valence-corrected chi connectivity index (χ0v) is 18.5. The second-order valence-electron chi connectivity index (χ2n) is 9.43. The Bertz CT molecular complexity index is 996. The van der Waals surface area contributed by atoms with E-state index >= 15 is 0 Å². The van der Waals surface area contributed by atoms with Crippen LogP contribution in [0, 0.1) is 11.3 Å². The van der Waals surface area contributed by atoms with Crippen LogP contribution in [0.2, 0.25) is 0 Å². The zero-order valence-electron chi connectivity index (χ0n) is 18.5. The Morgan fingerprint density at radius 2 is 1.90 bits per heavy atom. The van der Waals surface area contributed by atoms with Crippen molar-refractivity contribution in [3.05, 3.63) is 30.5 Å². The van der Waals surface area contributed by atoms with E-state index in [0.717, 1.165) is 68.1 Å². The third-order valence-corrected chi connectivity index (χ3v) is 6.96. The van der Waals surface area contributed by atoms with Gasteiger partial charge in [0.15, 0.2) is 5.90 Å². The molecule has 0 N–H and O–H groups in total. The highest BCUT2D eigenvalue weighted by atomic mass is 16.5. The van der Waals surface area contributed by atoms with E-state index in [9.17, 15) is 4.79 Å². The minimum atomic E-state index is -0.233. The summed E-state index contributed by atoms with van der Waals surface area (Å²) in [5, 5.41) is 0. The van der Waals surface area contributed by atoms with Gasteiger partial charge in [0.25, 0.3) is 0 Å². The standard InChI is InChI=1S/C24H31N5O2/c1-17(2)22-26-18(16-31-22)15-29-11-5-8-24(23(29)30)9-12-28(13-10-24)21-14-25-19-6-3-4-7-20(19)27-21/h3-4,6-7,14,17-18H,5,8-13,15-16H2,1-2H3. The van der Waals surface area contributed by atoms with Gasteiger partial charge in [0.2, 0.25) is 5.91 Å². The van der Waals surface area contributed by atoms with Crippen LogP contribution in [0.3, 0.4) is 0 Å². The third-order valence-electron chi connectivity index (χ3n) is 6.96. The molecule has 7 nitrogen and oxygen atoms in total. The number of amides is 1. The van der Waals surface area contributed by atoms with Crippen LogP contribution in [0.5, 0.6) is 0 Å². The number of aromatic nitrogens is 2. The molecule has 1 spiro atoms. The first-order chi connectivity index (χ1) is 15.0. The molecule has 0 bridgehead atoms. The summed E-state index contributed by atoms with van der Waals surface area (Å²) in [5.41, 5.74) is 1.60. The fourth-order valence-corrected chi connectivity index (χ4v) is 5.15. The maximum absolute atomic E-state index is 13.5. The second-order valence-corrected chi connectivity index (χ2v) is 9.43. The van der Waals surface area contributed by atoms with Crippen molar-refractivity contribution in [2.45, 2.75) is 45.6 Å². The average Bonchev–Trinajstić information content (AvgIpc) is 3.26. The normalized spacial score (nSPS) is 23.5. The van der Waals surface area contributed by atoms with E-state index < -0.39 is 0 Å². The topological polar surface area (TPSA) is 70.9 Å². The first kappa shape index (κ1) is 20.2. The molecule has 2 aromatic rings. The van der Waals surface area contributed by atoms with Crippen LogP contribution in [-0.2, 0) is 9.53 Å². The number of fused-ring (bicyclic) bond motifs is 1. The van der Waals surface area contributed by atoms with Crippen molar-refractivity contribution in [1.82, 2.24) is 14.9 Å². The van der Waals surface area contributed by atoms with E-state index in [1.807, 2.05) is 30.5 Å². The van der Waals surface area contributed by atoms with E-state index in [4.69, 9.17) is 14.7 Å². The Labute approximate surface area is 183 Å². The van der Waals surface area contributed by atoms with Crippen LogP contribution in [0.4, 0.5) is 5.82 Å². The Morgan fingerprint density at radius 1 is 1.13 bits per heavy atom. The zero-order chi connectivity index (χ0) is 21.4. The molecule has 0 aliphatic carbocycles. The largest absolute Gasteiger partial charge is 0.478 e. The molecule has 7 heteroatoms. The van der Waals surface area contributed by atoms with Crippen LogP contribution in [-0.4, -0.2) is 65.5 Å². The molecule has 3 aliphatic rings. The van der Waals surface area contributed by atoms with Crippen LogP contribution in [0.25, 0.3) is 11.0 Å². The SMILES string of the molecule is CC(C)C1=NC(CN2CCCC3(CCN(c4cnc5ccccc5n4)CC3)C2=O)CO1. The third kappa shape index (κ3) is 3.86. The number of piperidine rings is 2. The highest BCUT2D eigenvalue weighted by Crippen LogP contribution is 2.41. The number of ether oxygens (including phenoxy) is 1. The molecule has 1 unspecified atom stereocenters. The van der Waals surface area contributed by atoms with Gasteiger partial charge in [-0.25, -0.2) is 9.98 Å². The lowest BCUT2D eigenvalue weighted by atomic mass is 9.71.